The van der Waals surface area contributed by atoms with Gasteiger partial charge in [-0.25, -0.2) is 21.6 Å². The molecule has 42 heavy (non-hydrogen) atoms. The fraction of sp³-hybridized carbons (Fsp3) is 0.269. The van der Waals surface area contributed by atoms with Crippen LogP contribution in [0.5, 0.6) is 0 Å². The van der Waals surface area contributed by atoms with Crippen molar-refractivity contribution in [3.05, 3.63) is 47.5 Å². The van der Waals surface area contributed by atoms with Gasteiger partial charge in [0.1, 0.15) is 0 Å². The van der Waals surface area contributed by atoms with E-state index < -0.39 is 52.6 Å². The van der Waals surface area contributed by atoms with Crippen molar-refractivity contribution >= 4 is 84.7 Å². The zero-order valence-electron chi connectivity index (χ0n) is 23.0. The van der Waals surface area contributed by atoms with Gasteiger partial charge in [0.05, 0.1) is 9.79 Å². The number of amides is 3. The van der Waals surface area contributed by atoms with Gasteiger partial charge in [-0.2, -0.15) is 0 Å². The molecule has 0 saturated carbocycles. The van der Waals surface area contributed by atoms with Crippen molar-refractivity contribution in [2.45, 2.75) is 55.2 Å². The van der Waals surface area contributed by atoms with Crippen LogP contribution in [0.1, 0.15) is 45.2 Å². The lowest BCUT2D eigenvalue weighted by molar-refractivity contribution is -0.119. The number of hydrogen-bond acceptors (Lipinski definition) is 9. The summed E-state index contributed by atoms with van der Waals surface area (Å²) in [5.74, 6) is -2.69. The van der Waals surface area contributed by atoms with Gasteiger partial charge in [0.25, 0.3) is 10.0 Å². The summed E-state index contributed by atoms with van der Waals surface area (Å²) >= 11 is 5.20. The van der Waals surface area contributed by atoms with Gasteiger partial charge in [-0.3, -0.25) is 19.2 Å². The predicted molar refractivity (Wildman–Crippen MR) is 162 cm³/mol. The Bertz CT molecular complexity index is 1650. The third kappa shape index (κ3) is 8.92. The summed E-state index contributed by atoms with van der Waals surface area (Å²) in [6.45, 7) is 6.35. The van der Waals surface area contributed by atoms with Crippen molar-refractivity contribution in [3.63, 3.8) is 0 Å². The summed E-state index contributed by atoms with van der Waals surface area (Å²) in [6, 6.07) is 7.77. The second kappa shape index (κ2) is 14.2. The average Bonchev–Trinajstić information content (AvgIpc) is 2.87. The van der Waals surface area contributed by atoms with Crippen molar-refractivity contribution < 1.29 is 36.0 Å². The van der Waals surface area contributed by atoms with E-state index in [2.05, 4.69) is 16.0 Å². The number of rotatable bonds is 12. The molecule has 225 valence electrons. The van der Waals surface area contributed by atoms with Crippen LogP contribution in [0.15, 0.2) is 46.2 Å². The predicted octanol–water partition coefficient (Wildman–Crippen LogP) is 1.46. The van der Waals surface area contributed by atoms with Crippen LogP contribution in [0.4, 0.5) is 11.4 Å². The highest BCUT2D eigenvalue weighted by molar-refractivity contribution is 7.93. The van der Waals surface area contributed by atoms with Crippen LogP contribution in [-0.2, 0) is 39.0 Å². The molecule has 3 amide bonds. The van der Waals surface area contributed by atoms with Crippen molar-refractivity contribution in [1.82, 2.24) is 10.0 Å². The van der Waals surface area contributed by atoms with E-state index in [-0.39, 0.29) is 40.1 Å². The number of carbonyl (C=O) groups is 3. The summed E-state index contributed by atoms with van der Waals surface area (Å²) in [5.41, 5.74) is 5.44. The number of carbonyl (C=O) groups excluding carboxylic acids is 4. The van der Waals surface area contributed by atoms with Crippen molar-refractivity contribution in [2.75, 3.05) is 10.6 Å². The van der Waals surface area contributed by atoms with Crippen LogP contribution < -0.4 is 26.4 Å². The van der Waals surface area contributed by atoms with Crippen LogP contribution in [0, 0.1) is 0 Å². The maximum atomic E-state index is 13.3. The fourth-order valence-electron chi connectivity index (χ4n) is 3.47. The second-order valence-corrected chi connectivity index (χ2v) is 13.2. The Labute approximate surface area is 249 Å². The molecular weight excluding hydrogens is 607 g/mol. The van der Waals surface area contributed by atoms with Crippen LogP contribution >= 0.6 is 12.2 Å². The lowest BCUT2D eigenvalue weighted by atomic mass is 10.1. The topological polar surface area (TPSA) is 211 Å². The van der Waals surface area contributed by atoms with Gasteiger partial charge in [0.2, 0.25) is 29.3 Å². The molecule has 0 bridgehead atoms. The molecule has 2 aromatic carbocycles. The first-order valence-corrected chi connectivity index (χ1v) is 15.7. The number of sulfone groups is 1. The van der Waals surface area contributed by atoms with E-state index in [0.29, 0.717) is 0 Å². The SMILES string of the molecule is CCC(=O)NS(=O)(=O)c1cc(NC(C)=O)ccc1/C=C/c1ccc(NC(=S)NC(C)C)cc1S(=O)(=O)C([C]=O)C(N)=O. The smallest absolute Gasteiger partial charge is 0.264 e. The third-order valence-electron chi connectivity index (χ3n) is 5.31. The molecule has 1 unspecified atom stereocenters. The summed E-state index contributed by atoms with van der Waals surface area (Å²) in [7, 11) is -9.15. The Morgan fingerprint density at radius 2 is 1.48 bits per heavy atom. The molecule has 0 heterocycles. The normalized spacial score (nSPS) is 12.4. The van der Waals surface area contributed by atoms with Gasteiger partial charge in [-0.05, 0) is 61.5 Å². The lowest BCUT2D eigenvalue weighted by Gasteiger charge is -2.16. The Balaban J connectivity index is 2.74. The Morgan fingerprint density at radius 1 is 0.952 bits per heavy atom. The molecule has 1 radical (unpaired) electrons. The first-order chi connectivity index (χ1) is 19.5. The molecule has 0 spiro atoms. The summed E-state index contributed by atoms with van der Waals surface area (Å²) in [4.78, 5) is 45.7. The van der Waals surface area contributed by atoms with E-state index in [0.717, 1.165) is 18.4 Å². The third-order valence-corrected chi connectivity index (χ3v) is 8.87. The van der Waals surface area contributed by atoms with Gasteiger partial charge in [-0.1, -0.05) is 31.2 Å². The number of nitrogens with one attached hydrogen (secondary N) is 4. The highest BCUT2D eigenvalue weighted by Gasteiger charge is 2.35. The molecule has 0 saturated heterocycles. The maximum absolute atomic E-state index is 13.3. The minimum atomic E-state index is -4.72. The molecule has 0 aliphatic rings. The summed E-state index contributed by atoms with van der Waals surface area (Å²) in [6.07, 6.45) is 3.51. The minimum Gasteiger partial charge on any atom is -0.368 e. The molecule has 0 fully saturated rings. The average molecular weight is 637 g/mol. The molecule has 0 aromatic heterocycles. The van der Waals surface area contributed by atoms with Gasteiger partial charge in [0, 0.05) is 30.8 Å². The molecule has 16 heteroatoms. The highest BCUT2D eigenvalue weighted by Crippen LogP contribution is 2.28. The zero-order chi connectivity index (χ0) is 31.8. The Kier molecular flexibility index (Phi) is 11.5. The number of thiocarbonyl (C=S) groups is 1. The number of anilines is 2. The number of nitrogens with two attached hydrogens (primary N) is 1. The second-order valence-electron chi connectivity index (χ2n) is 9.10. The van der Waals surface area contributed by atoms with E-state index in [1.54, 1.807) is 0 Å². The highest BCUT2D eigenvalue weighted by atomic mass is 32.2. The quantitative estimate of drug-likeness (QED) is 0.128. The van der Waals surface area contributed by atoms with E-state index in [1.165, 1.54) is 50.3 Å². The van der Waals surface area contributed by atoms with E-state index in [1.807, 2.05) is 18.6 Å². The van der Waals surface area contributed by atoms with E-state index >= 15 is 0 Å². The monoisotopic (exact) mass is 636 g/mol. The fourth-order valence-corrected chi connectivity index (χ4v) is 6.55. The summed E-state index contributed by atoms with van der Waals surface area (Å²) in [5, 5.41) is 6.04. The Morgan fingerprint density at radius 3 is 1.95 bits per heavy atom. The van der Waals surface area contributed by atoms with Crippen LogP contribution in [0.2, 0.25) is 0 Å². The zero-order valence-corrected chi connectivity index (χ0v) is 25.5. The van der Waals surface area contributed by atoms with Gasteiger partial charge in [-0.15, -0.1) is 0 Å². The first kappa shape index (κ1) is 34.1. The maximum Gasteiger partial charge on any atom is 0.264 e. The van der Waals surface area contributed by atoms with Crippen LogP contribution in [0.3, 0.4) is 0 Å². The van der Waals surface area contributed by atoms with Gasteiger partial charge in [0.15, 0.2) is 14.9 Å². The number of primary amides is 1. The molecule has 2 aromatic rings. The van der Waals surface area contributed by atoms with Crippen LogP contribution in [-0.4, -0.2) is 57.2 Å². The van der Waals surface area contributed by atoms with Crippen molar-refractivity contribution in [2.24, 2.45) is 5.73 Å². The lowest BCUT2D eigenvalue weighted by Crippen LogP contribution is -2.37. The molecule has 0 aliphatic carbocycles. The van der Waals surface area contributed by atoms with Gasteiger partial charge < -0.3 is 21.7 Å². The standard InChI is InChI=1S/C26H30N5O8S3/c1-5-24(34)31-42(38,39)22-13-19(29-16(4)33)10-9-18(22)7-6-17-8-11-20(30-26(40)28-15(2)3)12-21(17)41(36,37)23(14-32)25(27)35/h6-13,15,23H,5H2,1-4H3,(H2,27,35)(H,29,33)(H,31,34)(H2,28,30,40)/b7-6+. The van der Waals surface area contributed by atoms with Crippen molar-refractivity contribution in [1.29, 1.82) is 0 Å². The van der Waals surface area contributed by atoms with Crippen molar-refractivity contribution in [3.8, 4) is 0 Å². The Hall–Kier alpha value is -4.15. The molecule has 1 atom stereocenters. The molecular formula is C26H30N5O8S3. The van der Waals surface area contributed by atoms with Crippen LogP contribution in [0.25, 0.3) is 12.2 Å². The van der Waals surface area contributed by atoms with E-state index in [4.69, 9.17) is 18.0 Å². The summed E-state index contributed by atoms with van der Waals surface area (Å²) < 4.78 is 54.6. The largest absolute Gasteiger partial charge is 0.368 e. The number of sulfonamides is 1. The molecule has 0 aliphatic heterocycles. The first-order valence-electron chi connectivity index (χ1n) is 12.3. The number of benzene rings is 2. The molecule has 2 rings (SSSR count). The molecule has 6 N–H and O–H groups in total. The minimum absolute atomic E-state index is 0.0155. The van der Waals surface area contributed by atoms with E-state index in [9.17, 15) is 36.0 Å². The van der Waals surface area contributed by atoms with Gasteiger partial charge >= 0.3 is 0 Å². The molecule has 13 nitrogen and oxygen atoms in total. The number of hydrogen-bond donors (Lipinski definition) is 5.